The van der Waals surface area contributed by atoms with Gasteiger partial charge in [-0.1, -0.05) is 37.3 Å². The van der Waals surface area contributed by atoms with Crippen LogP contribution in [0.25, 0.3) is 10.6 Å². The first-order chi connectivity index (χ1) is 12.5. The van der Waals surface area contributed by atoms with Crippen molar-refractivity contribution in [1.82, 2.24) is 15.2 Å². The molecule has 0 aliphatic carbocycles. The third kappa shape index (κ3) is 4.86. The van der Waals surface area contributed by atoms with Gasteiger partial charge >= 0.3 is 6.03 Å². The Morgan fingerprint density at radius 2 is 1.88 bits per heavy atom. The highest BCUT2D eigenvalue weighted by Gasteiger charge is 2.10. The molecule has 134 valence electrons. The fourth-order valence-corrected chi connectivity index (χ4v) is 3.24. The molecule has 0 saturated carbocycles. The van der Waals surface area contributed by atoms with Crippen LogP contribution in [0.15, 0.2) is 42.7 Å². The summed E-state index contributed by atoms with van der Waals surface area (Å²) in [6, 6.07) is 9.51. The van der Waals surface area contributed by atoms with Gasteiger partial charge < -0.3 is 5.32 Å². The maximum Gasteiger partial charge on any atom is 0.325 e. The summed E-state index contributed by atoms with van der Waals surface area (Å²) in [6.07, 6.45) is 4.54. The monoisotopic (exact) mass is 367 g/mol. The van der Waals surface area contributed by atoms with Crippen molar-refractivity contribution in [3.8, 4) is 10.6 Å². The van der Waals surface area contributed by atoms with Crippen LogP contribution in [0, 0.1) is 12.8 Å². The quantitative estimate of drug-likeness (QED) is 0.682. The van der Waals surface area contributed by atoms with Crippen LogP contribution < -0.4 is 10.6 Å². The van der Waals surface area contributed by atoms with E-state index in [1.54, 1.807) is 12.4 Å². The third-order valence-corrected chi connectivity index (χ3v) is 4.51. The number of carbonyl (C=O) groups is 1. The zero-order chi connectivity index (χ0) is 18.5. The highest BCUT2D eigenvalue weighted by Crippen LogP contribution is 2.26. The first kappa shape index (κ1) is 18.0. The number of pyridine rings is 1. The van der Waals surface area contributed by atoms with Gasteiger partial charge in [0, 0.05) is 23.6 Å². The molecule has 2 heterocycles. The van der Waals surface area contributed by atoms with E-state index >= 15 is 0 Å². The number of aryl methyl sites for hydroxylation is 1. The van der Waals surface area contributed by atoms with Gasteiger partial charge in [0.25, 0.3) is 0 Å². The Morgan fingerprint density at radius 3 is 2.58 bits per heavy atom. The van der Waals surface area contributed by atoms with Crippen molar-refractivity contribution >= 4 is 28.2 Å². The lowest BCUT2D eigenvalue weighted by Gasteiger charge is -2.08. The maximum atomic E-state index is 12.1. The van der Waals surface area contributed by atoms with Crippen LogP contribution in [0.3, 0.4) is 0 Å². The molecule has 0 fully saturated rings. The topological polar surface area (TPSA) is 79.8 Å². The van der Waals surface area contributed by atoms with Crippen molar-refractivity contribution in [2.75, 3.05) is 10.6 Å². The molecule has 3 aromatic rings. The predicted octanol–water partition coefficient (Wildman–Crippen LogP) is 4.75. The lowest BCUT2D eigenvalue weighted by Crippen LogP contribution is -2.19. The molecule has 3 rings (SSSR count). The molecule has 0 atom stereocenters. The summed E-state index contributed by atoms with van der Waals surface area (Å²) in [5.41, 5.74) is 3.93. The first-order valence-corrected chi connectivity index (χ1v) is 9.24. The van der Waals surface area contributed by atoms with Crippen molar-refractivity contribution in [3.63, 3.8) is 0 Å². The Hall–Kier alpha value is -2.80. The standard InChI is InChI=1S/C19H21N5OS/c1-12(2)8-14-4-6-16(7-5-14)21-18(25)22-19-24-23-17(26-19)15-9-13(3)10-20-11-15/h4-7,9-12H,8H2,1-3H3,(H2,21,22,24,25). The van der Waals surface area contributed by atoms with Crippen LogP contribution >= 0.6 is 11.3 Å². The van der Waals surface area contributed by atoms with E-state index < -0.39 is 0 Å². The van der Waals surface area contributed by atoms with Gasteiger partial charge in [0.1, 0.15) is 0 Å². The highest BCUT2D eigenvalue weighted by molar-refractivity contribution is 7.18. The maximum absolute atomic E-state index is 12.1. The molecule has 0 saturated heterocycles. The molecular formula is C19H21N5OS. The van der Waals surface area contributed by atoms with Crippen LogP contribution in [-0.4, -0.2) is 21.2 Å². The van der Waals surface area contributed by atoms with Crippen LogP contribution in [0.1, 0.15) is 25.0 Å². The molecular weight excluding hydrogens is 346 g/mol. The Balaban J connectivity index is 1.60. The number of nitrogens with zero attached hydrogens (tertiary/aromatic N) is 3. The number of carbonyl (C=O) groups excluding carboxylic acids is 1. The number of aromatic nitrogens is 3. The summed E-state index contributed by atoms with van der Waals surface area (Å²) < 4.78 is 0. The number of amides is 2. The molecule has 0 aliphatic rings. The summed E-state index contributed by atoms with van der Waals surface area (Å²) in [6.45, 7) is 6.34. The van der Waals surface area contributed by atoms with Gasteiger partial charge in [0.15, 0.2) is 5.01 Å². The number of urea groups is 1. The lowest BCUT2D eigenvalue weighted by atomic mass is 10.0. The molecule has 0 bridgehead atoms. The molecule has 2 N–H and O–H groups in total. The first-order valence-electron chi connectivity index (χ1n) is 8.42. The van der Waals surface area contributed by atoms with E-state index in [0.717, 1.165) is 28.2 Å². The van der Waals surface area contributed by atoms with E-state index in [9.17, 15) is 4.79 Å². The Bertz CT molecular complexity index is 889. The zero-order valence-electron chi connectivity index (χ0n) is 15.0. The third-order valence-electron chi connectivity index (χ3n) is 3.62. The van der Waals surface area contributed by atoms with Crippen molar-refractivity contribution in [3.05, 3.63) is 53.9 Å². The summed E-state index contributed by atoms with van der Waals surface area (Å²) in [4.78, 5) is 16.3. The zero-order valence-corrected chi connectivity index (χ0v) is 15.8. The van der Waals surface area contributed by atoms with Gasteiger partial charge in [-0.25, -0.2) is 4.79 Å². The van der Waals surface area contributed by atoms with Gasteiger partial charge in [0.05, 0.1) is 0 Å². The number of nitrogens with one attached hydrogen (secondary N) is 2. The molecule has 0 spiro atoms. The number of hydrogen-bond acceptors (Lipinski definition) is 5. The Labute approximate surface area is 156 Å². The van der Waals surface area contributed by atoms with Crippen molar-refractivity contribution in [2.45, 2.75) is 27.2 Å². The summed E-state index contributed by atoms with van der Waals surface area (Å²) >= 11 is 1.31. The molecule has 2 amide bonds. The fourth-order valence-electron chi connectivity index (χ4n) is 2.52. The predicted molar refractivity (Wildman–Crippen MR) is 106 cm³/mol. The minimum absolute atomic E-state index is 0.341. The summed E-state index contributed by atoms with van der Waals surface area (Å²) in [5.74, 6) is 0.604. The fraction of sp³-hybridized carbons (Fsp3) is 0.263. The van der Waals surface area contributed by atoms with Crippen LogP contribution in [-0.2, 0) is 6.42 Å². The Morgan fingerprint density at radius 1 is 1.12 bits per heavy atom. The minimum atomic E-state index is -0.341. The van der Waals surface area contributed by atoms with Crippen molar-refractivity contribution in [2.24, 2.45) is 5.92 Å². The number of rotatable bonds is 5. The largest absolute Gasteiger partial charge is 0.325 e. The lowest BCUT2D eigenvalue weighted by molar-refractivity contribution is 0.262. The van der Waals surface area contributed by atoms with Crippen molar-refractivity contribution in [1.29, 1.82) is 0 Å². The van der Waals surface area contributed by atoms with E-state index in [-0.39, 0.29) is 6.03 Å². The second-order valence-corrected chi connectivity index (χ2v) is 7.51. The molecule has 26 heavy (non-hydrogen) atoms. The van der Waals surface area contributed by atoms with E-state index in [2.05, 4.69) is 39.7 Å². The highest BCUT2D eigenvalue weighted by atomic mass is 32.1. The normalized spacial score (nSPS) is 10.8. The molecule has 7 heteroatoms. The second kappa shape index (κ2) is 8.05. The molecule has 0 aliphatic heterocycles. The van der Waals surface area contributed by atoms with Gasteiger partial charge in [-0.3, -0.25) is 10.3 Å². The average molecular weight is 367 g/mol. The van der Waals surface area contributed by atoms with Gasteiger partial charge in [-0.15, -0.1) is 10.2 Å². The number of benzene rings is 1. The molecule has 6 nitrogen and oxygen atoms in total. The molecule has 1 aromatic carbocycles. The molecule has 0 radical (unpaired) electrons. The van der Waals surface area contributed by atoms with E-state index in [1.165, 1.54) is 16.9 Å². The van der Waals surface area contributed by atoms with Crippen molar-refractivity contribution < 1.29 is 4.79 Å². The summed E-state index contributed by atoms with van der Waals surface area (Å²) in [5, 5.41) is 14.8. The van der Waals surface area contributed by atoms with Crippen LogP contribution in [0.5, 0.6) is 0 Å². The molecule has 0 unspecified atom stereocenters. The van der Waals surface area contributed by atoms with E-state index in [0.29, 0.717) is 11.0 Å². The van der Waals surface area contributed by atoms with Gasteiger partial charge in [0.2, 0.25) is 5.13 Å². The minimum Gasteiger partial charge on any atom is -0.308 e. The van der Waals surface area contributed by atoms with E-state index in [4.69, 9.17) is 0 Å². The van der Waals surface area contributed by atoms with Crippen LogP contribution in [0.4, 0.5) is 15.6 Å². The molecule has 2 aromatic heterocycles. The summed E-state index contributed by atoms with van der Waals surface area (Å²) in [7, 11) is 0. The van der Waals surface area contributed by atoms with Crippen LogP contribution in [0.2, 0.25) is 0 Å². The number of hydrogen-bond donors (Lipinski definition) is 2. The smallest absolute Gasteiger partial charge is 0.308 e. The number of anilines is 2. The average Bonchev–Trinajstić information content (AvgIpc) is 3.04. The van der Waals surface area contributed by atoms with E-state index in [1.807, 2.05) is 37.3 Å². The second-order valence-electron chi connectivity index (χ2n) is 6.54. The van der Waals surface area contributed by atoms with Gasteiger partial charge in [-0.2, -0.15) is 0 Å². The Kier molecular flexibility index (Phi) is 5.58. The van der Waals surface area contributed by atoms with Gasteiger partial charge in [-0.05, 0) is 48.6 Å². The SMILES string of the molecule is Cc1cncc(-c2nnc(NC(=O)Nc3ccc(CC(C)C)cc3)s2)c1.